The van der Waals surface area contributed by atoms with E-state index in [1.54, 1.807) is 0 Å². The monoisotopic (exact) mass is 381 g/mol. The number of aryl methyl sites for hydroxylation is 1. The summed E-state index contributed by atoms with van der Waals surface area (Å²) in [5, 5.41) is 12.2. The zero-order valence-electron chi connectivity index (χ0n) is 15.5. The van der Waals surface area contributed by atoms with Crippen molar-refractivity contribution in [3.8, 4) is 11.4 Å². The third kappa shape index (κ3) is 4.68. The maximum absolute atomic E-state index is 12.3. The number of amides is 1. The second-order valence-corrected chi connectivity index (χ2v) is 7.00. The summed E-state index contributed by atoms with van der Waals surface area (Å²) >= 11 is 1.38. The maximum atomic E-state index is 12.3. The fourth-order valence-electron chi connectivity index (χ4n) is 2.68. The Balaban J connectivity index is 1.65. The summed E-state index contributed by atoms with van der Waals surface area (Å²) < 4.78 is 2.00. The van der Waals surface area contributed by atoms with Gasteiger partial charge in [-0.25, -0.2) is 0 Å². The van der Waals surface area contributed by atoms with E-state index < -0.39 is 0 Å². The number of hydrogen-bond donors (Lipinski definition) is 2. The molecule has 1 aromatic heterocycles. The van der Waals surface area contributed by atoms with Crippen molar-refractivity contribution in [2.45, 2.75) is 32.0 Å². The largest absolute Gasteiger partial charge is 0.399 e. The molecular weight excluding hydrogens is 358 g/mol. The van der Waals surface area contributed by atoms with Crippen LogP contribution in [0.15, 0.2) is 53.7 Å². The summed E-state index contributed by atoms with van der Waals surface area (Å²) in [5.41, 5.74) is 9.45. The molecule has 1 heterocycles. The Morgan fingerprint density at radius 3 is 2.41 bits per heavy atom. The van der Waals surface area contributed by atoms with Crippen molar-refractivity contribution in [1.82, 2.24) is 14.8 Å². The van der Waals surface area contributed by atoms with E-state index >= 15 is 0 Å². The molecule has 0 aliphatic rings. The first kappa shape index (κ1) is 19.0. The molecule has 7 heteroatoms. The third-order valence-electron chi connectivity index (χ3n) is 4.18. The van der Waals surface area contributed by atoms with Gasteiger partial charge in [0.2, 0.25) is 5.91 Å². The van der Waals surface area contributed by atoms with Gasteiger partial charge in [-0.15, -0.1) is 10.2 Å². The van der Waals surface area contributed by atoms with Crippen molar-refractivity contribution >= 4 is 29.0 Å². The summed E-state index contributed by atoms with van der Waals surface area (Å²) in [6.45, 7) is 4.85. The smallest absolute Gasteiger partial charge is 0.234 e. The Kier molecular flexibility index (Phi) is 6.13. The van der Waals surface area contributed by atoms with Crippen LogP contribution in [0, 0.1) is 0 Å². The molecule has 0 aliphatic carbocycles. The molecule has 27 heavy (non-hydrogen) atoms. The quantitative estimate of drug-likeness (QED) is 0.480. The van der Waals surface area contributed by atoms with Crippen molar-refractivity contribution < 1.29 is 4.79 Å². The molecule has 6 nitrogen and oxygen atoms in total. The Hall–Kier alpha value is -2.80. The molecule has 3 N–H and O–H groups in total. The molecule has 2 aromatic carbocycles. The molecule has 0 unspecified atom stereocenters. The molecule has 0 aliphatic heterocycles. The summed E-state index contributed by atoms with van der Waals surface area (Å²) in [6, 6.07) is 15.4. The number of nitrogens with one attached hydrogen (secondary N) is 1. The Bertz CT molecular complexity index is 903. The minimum absolute atomic E-state index is 0.0658. The molecule has 0 bridgehead atoms. The molecule has 1 amide bonds. The molecule has 0 saturated carbocycles. The minimum Gasteiger partial charge on any atom is -0.399 e. The maximum Gasteiger partial charge on any atom is 0.234 e. The zero-order valence-corrected chi connectivity index (χ0v) is 16.3. The van der Waals surface area contributed by atoms with Crippen LogP contribution < -0.4 is 11.1 Å². The highest BCUT2D eigenvalue weighted by Crippen LogP contribution is 2.24. The van der Waals surface area contributed by atoms with E-state index in [9.17, 15) is 4.79 Å². The standard InChI is InChI=1S/C20H23N5OS/c1-3-14-5-11-17(12-6-14)22-18(26)13-27-20-24-23-19(25(20)4-2)15-7-9-16(21)10-8-15/h5-12H,3-4,13,21H2,1-2H3,(H,22,26). The number of thioether (sulfide) groups is 1. The molecule has 3 rings (SSSR count). The van der Waals surface area contributed by atoms with Crippen molar-refractivity contribution in [3.63, 3.8) is 0 Å². The third-order valence-corrected chi connectivity index (χ3v) is 5.15. The SMILES string of the molecule is CCc1ccc(NC(=O)CSc2nnc(-c3ccc(N)cc3)n2CC)cc1. The number of benzene rings is 2. The summed E-state index contributed by atoms with van der Waals surface area (Å²) in [4.78, 5) is 12.3. The van der Waals surface area contributed by atoms with E-state index in [1.165, 1.54) is 17.3 Å². The predicted molar refractivity (Wildman–Crippen MR) is 111 cm³/mol. The van der Waals surface area contributed by atoms with Gasteiger partial charge >= 0.3 is 0 Å². The van der Waals surface area contributed by atoms with Gasteiger partial charge in [0, 0.05) is 23.5 Å². The summed E-state index contributed by atoms with van der Waals surface area (Å²) in [5.74, 6) is 0.981. The van der Waals surface area contributed by atoms with E-state index in [0.717, 1.165) is 35.2 Å². The van der Waals surface area contributed by atoms with Crippen LogP contribution in [0.3, 0.4) is 0 Å². The van der Waals surface area contributed by atoms with Gasteiger partial charge in [0.25, 0.3) is 0 Å². The van der Waals surface area contributed by atoms with Crippen molar-refractivity contribution in [2.75, 3.05) is 16.8 Å². The summed E-state index contributed by atoms with van der Waals surface area (Å²) in [6.07, 6.45) is 0.979. The van der Waals surface area contributed by atoms with Crippen LogP contribution in [0.5, 0.6) is 0 Å². The van der Waals surface area contributed by atoms with Gasteiger partial charge in [0.15, 0.2) is 11.0 Å². The number of hydrogen-bond acceptors (Lipinski definition) is 5. The Labute approximate surface area is 163 Å². The van der Waals surface area contributed by atoms with E-state index in [-0.39, 0.29) is 11.7 Å². The first-order valence-electron chi connectivity index (χ1n) is 8.91. The first-order chi connectivity index (χ1) is 13.1. The average molecular weight is 382 g/mol. The molecule has 0 spiro atoms. The van der Waals surface area contributed by atoms with Crippen LogP contribution >= 0.6 is 11.8 Å². The number of carbonyl (C=O) groups is 1. The molecule has 3 aromatic rings. The first-order valence-corrected chi connectivity index (χ1v) is 9.90. The number of anilines is 2. The van der Waals surface area contributed by atoms with Crippen molar-refractivity contribution in [2.24, 2.45) is 0 Å². The highest BCUT2D eigenvalue weighted by Gasteiger charge is 2.14. The lowest BCUT2D eigenvalue weighted by atomic mass is 10.1. The van der Waals surface area contributed by atoms with Crippen LogP contribution in [0.4, 0.5) is 11.4 Å². The highest BCUT2D eigenvalue weighted by atomic mass is 32.2. The number of nitrogens with two attached hydrogens (primary N) is 1. The van der Waals surface area contributed by atoms with E-state index in [0.29, 0.717) is 5.69 Å². The van der Waals surface area contributed by atoms with Crippen LogP contribution in [0.25, 0.3) is 11.4 Å². The number of aromatic nitrogens is 3. The highest BCUT2D eigenvalue weighted by molar-refractivity contribution is 7.99. The zero-order chi connectivity index (χ0) is 19.2. The van der Waals surface area contributed by atoms with Gasteiger partial charge in [-0.2, -0.15) is 0 Å². The fraction of sp³-hybridized carbons (Fsp3) is 0.250. The second kappa shape index (κ2) is 8.73. The van der Waals surface area contributed by atoms with Gasteiger partial charge < -0.3 is 15.6 Å². The van der Waals surface area contributed by atoms with Gasteiger partial charge in [-0.3, -0.25) is 4.79 Å². The normalized spacial score (nSPS) is 10.7. The Morgan fingerprint density at radius 1 is 1.07 bits per heavy atom. The predicted octanol–water partition coefficient (Wildman–Crippen LogP) is 3.84. The fourth-order valence-corrected chi connectivity index (χ4v) is 3.48. The van der Waals surface area contributed by atoms with Gasteiger partial charge in [-0.05, 0) is 55.3 Å². The second-order valence-electron chi connectivity index (χ2n) is 6.06. The molecule has 140 valence electrons. The molecular formula is C20H23N5OS. The van der Waals surface area contributed by atoms with Crippen molar-refractivity contribution in [3.05, 3.63) is 54.1 Å². The van der Waals surface area contributed by atoms with Crippen molar-refractivity contribution in [1.29, 1.82) is 0 Å². The molecule has 0 radical (unpaired) electrons. The van der Waals surface area contributed by atoms with E-state index in [1.807, 2.05) is 60.0 Å². The number of carbonyl (C=O) groups excluding carboxylic acids is 1. The lowest BCUT2D eigenvalue weighted by Gasteiger charge is -2.08. The molecule has 0 saturated heterocycles. The molecule has 0 atom stereocenters. The minimum atomic E-state index is -0.0658. The lowest BCUT2D eigenvalue weighted by molar-refractivity contribution is -0.113. The van der Waals surface area contributed by atoms with Crippen LogP contribution in [0.1, 0.15) is 19.4 Å². The van der Waals surface area contributed by atoms with Crippen LogP contribution in [0.2, 0.25) is 0 Å². The van der Waals surface area contributed by atoms with Crippen LogP contribution in [-0.4, -0.2) is 26.4 Å². The molecule has 0 fully saturated rings. The number of nitrogen functional groups attached to an aromatic ring is 1. The number of rotatable bonds is 7. The average Bonchev–Trinajstić information content (AvgIpc) is 3.10. The van der Waals surface area contributed by atoms with Crippen LogP contribution in [-0.2, 0) is 17.8 Å². The van der Waals surface area contributed by atoms with E-state index in [2.05, 4.69) is 22.4 Å². The lowest BCUT2D eigenvalue weighted by Crippen LogP contribution is -2.14. The van der Waals surface area contributed by atoms with E-state index in [4.69, 9.17) is 5.73 Å². The number of nitrogens with zero attached hydrogens (tertiary/aromatic N) is 3. The van der Waals surface area contributed by atoms with Gasteiger partial charge in [0.05, 0.1) is 5.75 Å². The van der Waals surface area contributed by atoms with Gasteiger partial charge in [0.1, 0.15) is 0 Å². The van der Waals surface area contributed by atoms with Gasteiger partial charge in [-0.1, -0.05) is 30.8 Å². The summed E-state index contributed by atoms with van der Waals surface area (Å²) in [7, 11) is 0. The Morgan fingerprint density at radius 2 is 1.78 bits per heavy atom. The topological polar surface area (TPSA) is 85.8 Å².